The molecule has 3 nitrogen and oxygen atoms in total. The van der Waals surface area contributed by atoms with Gasteiger partial charge in [0.15, 0.2) is 0 Å². The molecule has 1 rings (SSSR count). The number of hydrogen-bond acceptors (Lipinski definition) is 2. The monoisotopic (exact) mass is 269 g/mol. The molecule has 0 spiro atoms. The first-order valence-electron chi connectivity index (χ1n) is 6.25. The second-order valence-corrected chi connectivity index (χ2v) is 4.71. The molecule has 4 heteroatoms. The lowest BCUT2D eigenvalue weighted by atomic mass is 10.1. The number of alkyl halides is 1. The smallest absolute Gasteiger partial charge is 0.253 e. The Morgan fingerprint density at radius 1 is 1.39 bits per heavy atom. The Balaban J connectivity index is 2.83. The molecule has 100 valence electrons. The number of nitrogens with zero attached hydrogens (tertiary/aromatic N) is 1. The largest absolute Gasteiger partial charge is 0.508 e. The highest BCUT2D eigenvalue weighted by Gasteiger charge is 2.15. The summed E-state index contributed by atoms with van der Waals surface area (Å²) >= 11 is 5.73. The topological polar surface area (TPSA) is 40.5 Å². The predicted molar refractivity (Wildman–Crippen MR) is 74.4 cm³/mol. The molecule has 0 saturated heterocycles. The van der Waals surface area contributed by atoms with Crippen LogP contribution in [-0.4, -0.2) is 34.9 Å². The van der Waals surface area contributed by atoms with Crippen LogP contribution in [0, 0.1) is 6.92 Å². The first-order valence-corrected chi connectivity index (χ1v) is 6.78. The fourth-order valence-electron chi connectivity index (χ4n) is 1.74. The van der Waals surface area contributed by atoms with E-state index in [1.165, 1.54) is 0 Å². The number of aromatic hydroxyl groups is 1. The lowest BCUT2D eigenvalue weighted by Crippen LogP contribution is -2.33. The Morgan fingerprint density at radius 3 is 2.67 bits per heavy atom. The summed E-state index contributed by atoms with van der Waals surface area (Å²) < 4.78 is 0. The summed E-state index contributed by atoms with van der Waals surface area (Å²) in [4.78, 5) is 14.1. The van der Waals surface area contributed by atoms with Gasteiger partial charge >= 0.3 is 0 Å². The molecule has 1 N–H and O–H groups in total. The molecule has 0 heterocycles. The van der Waals surface area contributed by atoms with Crippen LogP contribution in [0.25, 0.3) is 0 Å². The van der Waals surface area contributed by atoms with Gasteiger partial charge in [-0.2, -0.15) is 0 Å². The molecule has 0 aliphatic carbocycles. The lowest BCUT2D eigenvalue weighted by molar-refractivity contribution is 0.0763. The SMILES string of the molecule is CCCCN(CCCl)C(=O)c1ccc(O)c(C)c1. The Morgan fingerprint density at radius 2 is 2.11 bits per heavy atom. The van der Waals surface area contributed by atoms with Crippen LogP contribution in [0.2, 0.25) is 0 Å². The number of halogens is 1. The molecule has 0 atom stereocenters. The number of phenols is 1. The number of carbonyl (C=O) groups excluding carboxylic acids is 1. The molecular formula is C14H20ClNO2. The zero-order valence-corrected chi connectivity index (χ0v) is 11.7. The van der Waals surface area contributed by atoms with E-state index in [0.717, 1.165) is 19.4 Å². The van der Waals surface area contributed by atoms with E-state index in [4.69, 9.17) is 11.6 Å². The van der Waals surface area contributed by atoms with Crippen molar-refractivity contribution in [1.82, 2.24) is 4.90 Å². The van der Waals surface area contributed by atoms with Crippen molar-refractivity contribution in [3.63, 3.8) is 0 Å². The Labute approximate surface area is 113 Å². The van der Waals surface area contributed by atoms with Crippen molar-refractivity contribution >= 4 is 17.5 Å². The summed E-state index contributed by atoms with van der Waals surface area (Å²) in [5, 5.41) is 9.46. The number of carbonyl (C=O) groups is 1. The third-order valence-electron chi connectivity index (χ3n) is 2.87. The molecule has 0 aliphatic heterocycles. The van der Waals surface area contributed by atoms with Gasteiger partial charge in [0, 0.05) is 24.5 Å². The molecule has 0 unspecified atom stereocenters. The third-order valence-corrected chi connectivity index (χ3v) is 3.04. The van der Waals surface area contributed by atoms with Crippen LogP contribution >= 0.6 is 11.6 Å². The maximum Gasteiger partial charge on any atom is 0.253 e. The van der Waals surface area contributed by atoms with Gasteiger partial charge in [-0.3, -0.25) is 4.79 Å². The number of unbranched alkanes of at least 4 members (excludes halogenated alkanes) is 1. The summed E-state index contributed by atoms with van der Waals surface area (Å²) in [5.74, 6) is 0.628. The fourth-order valence-corrected chi connectivity index (χ4v) is 1.94. The van der Waals surface area contributed by atoms with Crippen molar-refractivity contribution in [2.24, 2.45) is 0 Å². The first-order chi connectivity index (χ1) is 8.60. The minimum absolute atomic E-state index is 0.0211. The van der Waals surface area contributed by atoms with Crippen molar-refractivity contribution in [2.75, 3.05) is 19.0 Å². The maximum atomic E-state index is 12.3. The molecule has 0 bridgehead atoms. The number of benzene rings is 1. The van der Waals surface area contributed by atoms with Crippen LogP contribution in [0.15, 0.2) is 18.2 Å². The highest BCUT2D eigenvalue weighted by molar-refractivity contribution is 6.18. The van der Waals surface area contributed by atoms with E-state index in [2.05, 4.69) is 6.92 Å². The zero-order valence-electron chi connectivity index (χ0n) is 10.9. The van der Waals surface area contributed by atoms with Gasteiger partial charge in [0.1, 0.15) is 5.75 Å². The Bertz CT molecular complexity index is 407. The second-order valence-electron chi connectivity index (χ2n) is 4.34. The van der Waals surface area contributed by atoms with Gasteiger partial charge in [-0.25, -0.2) is 0 Å². The number of phenolic OH excluding ortho intramolecular Hbond substituents is 1. The summed E-state index contributed by atoms with van der Waals surface area (Å²) in [6.45, 7) is 5.15. The minimum atomic E-state index is -0.0211. The van der Waals surface area contributed by atoms with Gasteiger partial charge in [-0.15, -0.1) is 11.6 Å². The van der Waals surface area contributed by atoms with Gasteiger partial charge in [0.2, 0.25) is 0 Å². The number of rotatable bonds is 6. The summed E-state index contributed by atoms with van der Waals surface area (Å²) in [5.41, 5.74) is 1.31. The average molecular weight is 270 g/mol. The van der Waals surface area contributed by atoms with Crippen molar-refractivity contribution in [2.45, 2.75) is 26.7 Å². The molecule has 0 aliphatic rings. The molecule has 1 aromatic carbocycles. The number of hydrogen-bond donors (Lipinski definition) is 1. The van der Waals surface area contributed by atoms with Crippen LogP contribution in [0.4, 0.5) is 0 Å². The molecule has 18 heavy (non-hydrogen) atoms. The normalized spacial score (nSPS) is 10.4. The van der Waals surface area contributed by atoms with Crippen LogP contribution in [-0.2, 0) is 0 Å². The van der Waals surface area contributed by atoms with E-state index in [9.17, 15) is 9.90 Å². The van der Waals surface area contributed by atoms with E-state index >= 15 is 0 Å². The molecule has 0 fully saturated rings. The molecule has 1 aromatic rings. The first kappa shape index (κ1) is 14.8. The van der Waals surface area contributed by atoms with Crippen LogP contribution in [0.1, 0.15) is 35.7 Å². The van der Waals surface area contributed by atoms with Crippen molar-refractivity contribution in [3.8, 4) is 5.75 Å². The van der Waals surface area contributed by atoms with Crippen molar-refractivity contribution < 1.29 is 9.90 Å². The van der Waals surface area contributed by atoms with Crippen LogP contribution in [0.5, 0.6) is 5.75 Å². The molecule has 1 amide bonds. The average Bonchev–Trinajstić information content (AvgIpc) is 2.37. The standard InChI is InChI=1S/C14H20ClNO2/c1-3-4-8-16(9-7-15)14(18)12-5-6-13(17)11(2)10-12/h5-6,10,17H,3-4,7-9H2,1-2H3. The van der Waals surface area contributed by atoms with Crippen molar-refractivity contribution in [1.29, 1.82) is 0 Å². The van der Waals surface area contributed by atoms with Gasteiger partial charge in [0.05, 0.1) is 0 Å². The van der Waals surface area contributed by atoms with Crippen LogP contribution < -0.4 is 0 Å². The maximum absolute atomic E-state index is 12.3. The Hall–Kier alpha value is -1.22. The predicted octanol–water partition coefficient (Wildman–Crippen LogP) is 3.18. The van der Waals surface area contributed by atoms with Gasteiger partial charge < -0.3 is 10.0 Å². The summed E-state index contributed by atoms with van der Waals surface area (Å²) in [7, 11) is 0. The molecule has 0 radical (unpaired) electrons. The van der Waals surface area contributed by atoms with E-state index in [0.29, 0.717) is 23.6 Å². The molecule has 0 aromatic heterocycles. The Kier molecular flexibility index (Phi) is 5.99. The van der Waals surface area contributed by atoms with Crippen LogP contribution in [0.3, 0.4) is 0 Å². The van der Waals surface area contributed by atoms with Gasteiger partial charge in [-0.1, -0.05) is 13.3 Å². The third kappa shape index (κ3) is 3.91. The van der Waals surface area contributed by atoms with Gasteiger partial charge in [-0.05, 0) is 37.1 Å². The molecular weight excluding hydrogens is 250 g/mol. The lowest BCUT2D eigenvalue weighted by Gasteiger charge is -2.21. The summed E-state index contributed by atoms with van der Waals surface area (Å²) in [6.07, 6.45) is 2.01. The highest BCUT2D eigenvalue weighted by atomic mass is 35.5. The van der Waals surface area contributed by atoms with E-state index in [-0.39, 0.29) is 11.7 Å². The van der Waals surface area contributed by atoms with E-state index < -0.39 is 0 Å². The second kappa shape index (κ2) is 7.27. The quantitative estimate of drug-likeness (QED) is 0.806. The minimum Gasteiger partial charge on any atom is -0.508 e. The number of aryl methyl sites for hydroxylation is 1. The highest BCUT2D eigenvalue weighted by Crippen LogP contribution is 2.18. The van der Waals surface area contributed by atoms with E-state index in [1.807, 2.05) is 0 Å². The molecule has 0 saturated carbocycles. The number of amides is 1. The summed E-state index contributed by atoms with van der Waals surface area (Å²) in [6, 6.07) is 4.92. The fraction of sp³-hybridized carbons (Fsp3) is 0.500. The van der Waals surface area contributed by atoms with E-state index in [1.54, 1.807) is 30.0 Å². The van der Waals surface area contributed by atoms with Crippen molar-refractivity contribution in [3.05, 3.63) is 29.3 Å². The van der Waals surface area contributed by atoms with Gasteiger partial charge in [0.25, 0.3) is 5.91 Å². The zero-order chi connectivity index (χ0) is 13.5.